The van der Waals surface area contributed by atoms with Crippen LogP contribution in [0, 0.1) is 0 Å². The van der Waals surface area contributed by atoms with Gasteiger partial charge < -0.3 is 25.5 Å². The summed E-state index contributed by atoms with van der Waals surface area (Å²) in [5.74, 6) is -1.75. The predicted molar refractivity (Wildman–Crippen MR) is 66.5 cm³/mol. The molecule has 100 valence electrons. The molecule has 0 aromatic heterocycles. The van der Waals surface area contributed by atoms with Gasteiger partial charge >= 0.3 is 5.97 Å². The lowest BCUT2D eigenvalue weighted by Crippen LogP contribution is -1.95. The monoisotopic (exact) mass is 264 g/mol. The Morgan fingerprint density at radius 2 is 1.21 bits per heavy atom. The Hall–Kier alpha value is -2.89. The maximum absolute atomic E-state index is 10.3. The fourth-order valence-electron chi connectivity index (χ4n) is 1.23. The third kappa shape index (κ3) is 4.47. The van der Waals surface area contributed by atoms with Crippen molar-refractivity contribution in [3.63, 3.8) is 0 Å². The number of carbonyl (C=O) groups is 1. The summed E-state index contributed by atoms with van der Waals surface area (Å²) in [7, 11) is 0. The molecule has 0 saturated heterocycles. The molecule has 6 nitrogen and oxygen atoms in total. The molecule has 19 heavy (non-hydrogen) atoms. The van der Waals surface area contributed by atoms with Crippen molar-refractivity contribution in [2.24, 2.45) is 0 Å². The average Bonchev–Trinajstić information content (AvgIpc) is 2.27. The van der Waals surface area contributed by atoms with Crippen LogP contribution in [-0.4, -0.2) is 31.5 Å². The highest BCUT2D eigenvalue weighted by Crippen LogP contribution is 2.23. The molecule has 0 atom stereocenters. The third-order valence-electron chi connectivity index (χ3n) is 2.02. The molecule has 0 aliphatic rings. The van der Waals surface area contributed by atoms with E-state index in [4.69, 9.17) is 25.5 Å². The Kier molecular flexibility index (Phi) is 4.59. The normalized spacial score (nSPS) is 9.26. The van der Waals surface area contributed by atoms with E-state index in [2.05, 4.69) is 0 Å². The highest BCUT2D eigenvalue weighted by molar-refractivity contribution is 5.90. The molecule has 0 amide bonds. The maximum Gasteiger partial charge on any atom is 0.339 e. The zero-order valence-corrected chi connectivity index (χ0v) is 9.69. The molecule has 5 N–H and O–H groups in total. The molecule has 0 fully saturated rings. The Labute approximate surface area is 108 Å². The number of rotatable bonds is 1. The first-order valence-corrected chi connectivity index (χ1v) is 5.13. The summed E-state index contributed by atoms with van der Waals surface area (Å²) in [6.07, 6.45) is 0. The summed E-state index contributed by atoms with van der Waals surface area (Å²) < 4.78 is 0. The summed E-state index contributed by atoms with van der Waals surface area (Å²) in [6.45, 7) is 0. The minimum absolute atomic E-state index is 0.0671. The molecular weight excluding hydrogens is 252 g/mol. The summed E-state index contributed by atoms with van der Waals surface area (Å²) in [6, 6.07) is 9.23. The van der Waals surface area contributed by atoms with Crippen molar-refractivity contribution in [1.29, 1.82) is 0 Å². The first-order chi connectivity index (χ1) is 8.90. The molecule has 0 aliphatic carbocycles. The number of benzene rings is 2. The van der Waals surface area contributed by atoms with Crippen LogP contribution in [0.2, 0.25) is 0 Å². The number of carboxylic acid groups (broad SMARTS) is 1. The smallest absolute Gasteiger partial charge is 0.339 e. The van der Waals surface area contributed by atoms with Crippen molar-refractivity contribution in [2.45, 2.75) is 0 Å². The van der Waals surface area contributed by atoms with Gasteiger partial charge in [-0.15, -0.1) is 0 Å². The van der Waals surface area contributed by atoms with E-state index >= 15 is 0 Å². The Balaban J connectivity index is 0.000000191. The van der Waals surface area contributed by atoms with Crippen molar-refractivity contribution in [3.05, 3.63) is 48.0 Å². The maximum atomic E-state index is 10.3. The second-order valence-electron chi connectivity index (χ2n) is 3.53. The first kappa shape index (κ1) is 14.2. The van der Waals surface area contributed by atoms with E-state index in [9.17, 15) is 4.79 Å². The number of aromatic carboxylic acids is 1. The average molecular weight is 264 g/mol. The zero-order valence-electron chi connectivity index (χ0n) is 9.69. The number of para-hydroxylation sites is 1. The van der Waals surface area contributed by atoms with Gasteiger partial charge in [-0.05, 0) is 12.1 Å². The van der Waals surface area contributed by atoms with Gasteiger partial charge in [0.1, 0.15) is 28.6 Å². The van der Waals surface area contributed by atoms with Gasteiger partial charge in [0.05, 0.1) is 0 Å². The number of aromatic hydroxyl groups is 4. The fourth-order valence-corrected chi connectivity index (χ4v) is 1.23. The van der Waals surface area contributed by atoms with Crippen LogP contribution >= 0.6 is 0 Å². The van der Waals surface area contributed by atoms with Crippen molar-refractivity contribution in [2.75, 3.05) is 0 Å². The van der Waals surface area contributed by atoms with Crippen LogP contribution in [0.5, 0.6) is 23.0 Å². The van der Waals surface area contributed by atoms with E-state index in [0.717, 1.165) is 18.2 Å². The van der Waals surface area contributed by atoms with Gasteiger partial charge in [-0.2, -0.15) is 0 Å². The summed E-state index contributed by atoms with van der Waals surface area (Å²) >= 11 is 0. The summed E-state index contributed by atoms with van der Waals surface area (Å²) in [5, 5.41) is 43.3. The lowest BCUT2D eigenvalue weighted by molar-refractivity contribution is 0.0693. The minimum Gasteiger partial charge on any atom is -0.508 e. The molecule has 0 bridgehead atoms. The van der Waals surface area contributed by atoms with Crippen LogP contribution in [0.4, 0.5) is 0 Å². The van der Waals surface area contributed by atoms with Crippen LogP contribution < -0.4 is 0 Å². The number of phenolic OH excluding ortho intramolecular Hbond substituents is 3. The van der Waals surface area contributed by atoms with Gasteiger partial charge in [0.25, 0.3) is 0 Å². The molecule has 2 aromatic rings. The first-order valence-electron chi connectivity index (χ1n) is 5.13. The van der Waals surface area contributed by atoms with Gasteiger partial charge in [0, 0.05) is 18.2 Å². The molecular formula is C13H12O6. The molecule has 0 heterocycles. The largest absolute Gasteiger partial charge is 0.508 e. The van der Waals surface area contributed by atoms with E-state index in [0.29, 0.717) is 0 Å². The molecule has 0 aliphatic heterocycles. The third-order valence-corrected chi connectivity index (χ3v) is 2.02. The number of hydrogen-bond acceptors (Lipinski definition) is 5. The minimum atomic E-state index is -1.11. The predicted octanol–water partition coefficient (Wildman–Crippen LogP) is 1.89. The Bertz CT molecular complexity index is 529. The van der Waals surface area contributed by atoms with Gasteiger partial charge in [-0.25, -0.2) is 4.79 Å². The Morgan fingerprint density at radius 1 is 0.789 bits per heavy atom. The van der Waals surface area contributed by atoms with E-state index in [1.165, 1.54) is 12.1 Å². The van der Waals surface area contributed by atoms with Crippen LogP contribution in [0.25, 0.3) is 0 Å². The zero-order chi connectivity index (χ0) is 14.4. The van der Waals surface area contributed by atoms with Crippen molar-refractivity contribution in [1.82, 2.24) is 0 Å². The second kappa shape index (κ2) is 6.15. The van der Waals surface area contributed by atoms with E-state index in [1.807, 2.05) is 0 Å². The van der Waals surface area contributed by atoms with E-state index in [-0.39, 0.29) is 28.6 Å². The lowest BCUT2D eigenvalue weighted by atomic mass is 10.2. The lowest BCUT2D eigenvalue weighted by Gasteiger charge is -1.95. The molecule has 0 spiro atoms. The highest BCUT2D eigenvalue weighted by atomic mass is 16.4. The van der Waals surface area contributed by atoms with Crippen LogP contribution in [0.1, 0.15) is 10.4 Å². The second-order valence-corrected chi connectivity index (χ2v) is 3.53. The topological polar surface area (TPSA) is 118 Å². The summed E-state index contributed by atoms with van der Waals surface area (Å²) in [5.41, 5.74) is -0.0671. The fraction of sp³-hybridized carbons (Fsp3) is 0. The van der Waals surface area contributed by atoms with E-state index in [1.54, 1.807) is 12.1 Å². The molecule has 6 heteroatoms. The molecule has 2 aromatic carbocycles. The highest BCUT2D eigenvalue weighted by Gasteiger charge is 2.05. The van der Waals surface area contributed by atoms with Crippen LogP contribution in [0.3, 0.4) is 0 Å². The quantitative estimate of drug-likeness (QED) is 0.536. The molecule has 2 rings (SSSR count). The van der Waals surface area contributed by atoms with Crippen LogP contribution in [0.15, 0.2) is 42.5 Å². The van der Waals surface area contributed by atoms with Gasteiger partial charge in [0.2, 0.25) is 0 Å². The standard InChI is InChI=1S/C7H6O3.C6H6O3/c8-6-4-2-1-3-5(6)7(9)10;7-4-1-5(8)3-6(9)2-4/h1-4,8H,(H,9,10);1-3,7-9H. The van der Waals surface area contributed by atoms with Gasteiger partial charge in [0.15, 0.2) is 0 Å². The number of carboxylic acids is 1. The van der Waals surface area contributed by atoms with Crippen LogP contribution in [-0.2, 0) is 0 Å². The van der Waals surface area contributed by atoms with Crippen molar-refractivity contribution in [3.8, 4) is 23.0 Å². The van der Waals surface area contributed by atoms with Crippen molar-refractivity contribution < 1.29 is 30.3 Å². The SMILES string of the molecule is O=C(O)c1ccccc1O.Oc1cc(O)cc(O)c1. The van der Waals surface area contributed by atoms with Gasteiger partial charge in [-0.1, -0.05) is 12.1 Å². The molecule has 0 radical (unpaired) electrons. The Morgan fingerprint density at radius 3 is 1.53 bits per heavy atom. The van der Waals surface area contributed by atoms with Crippen molar-refractivity contribution >= 4 is 5.97 Å². The number of phenols is 4. The van der Waals surface area contributed by atoms with E-state index < -0.39 is 5.97 Å². The number of hydrogen-bond donors (Lipinski definition) is 5. The summed E-state index contributed by atoms with van der Waals surface area (Å²) in [4.78, 5) is 10.3. The molecule has 0 saturated carbocycles. The van der Waals surface area contributed by atoms with Gasteiger partial charge in [-0.3, -0.25) is 0 Å². The molecule has 0 unspecified atom stereocenters.